The third-order valence-electron chi connectivity index (χ3n) is 19.2. The van der Waals surface area contributed by atoms with E-state index in [9.17, 15) is 15.7 Å². The Morgan fingerprint density at radius 1 is 0.300 bits per heavy atom. The van der Waals surface area contributed by atoms with E-state index in [1.54, 1.807) is 0 Å². The van der Waals surface area contributed by atoms with Crippen molar-refractivity contribution in [1.82, 2.24) is 0 Å². The summed E-state index contributed by atoms with van der Waals surface area (Å²) in [7, 11) is -4.56. The molecule has 3 aliphatic rings. The van der Waals surface area contributed by atoms with E-state index in [4.69, 9.17) is 70.4 Å². The van der Waals surface area contributed by atoms with Crippen LogP contribution in [0.2, 0.25) is 0 Å². The highest BCUT2D eigenvalue weighted by molar-refractivity contribution is 7.48. The summed E-state index contributed by atoms with van der Waals surface area (Å²) in [5, 5.41) is 30.1. The lowest BCUT2D eigenvalue weighted by molar-refractivity contribution is -0.372. The van der Waals surface area contributed by atoms with Gasteiger partial charge in [0.05, 0.1) is 79.3 Å². The van der Waals surface area contributed by atoms with Crippen LogP contribution in [0.15, 0.2) is 308 Å². The van der Waals surface area contributed by atoms with Crippen molar-refractivity contribution in [2.24, 2.45) is 5.11 Å². The molecule has 572 valence electrons. The average molecular weight is 1510 g/mol. The fourth-order valence-corrected chi connectivity index (χ4v) is 14.7. The second-order valence-corrected chi connectivity index (χ2v) is 28.7. The van der Waals surface area contributed by atoms with E-state index in [2.05, 4.69) is 10.0 Å². The summed E-state index contributed by atoms with van der Waals surface area (Å²) < 4.78 is 120. The molecule has 1 saturated carbocycles. The molecule has 2 heterocycles. The molecule has 13 rings (SSSR count). The summed E-state index contributed by atoms with van der Waals surface area (Å²) in [6.45, 7) is -0.803. The molecular formula is C88H92N3O18P. The molecular weight excluding hydrogens is 1420 g/mol. The number of azide groups is 1. The molecule has 110 heavy (non-hydrogen) atoms. The zero-order valence-electron chi connectivity index (χ0n) is 60.8. The third-order valence-corrected chi connectivity index (χ3v) is 20.6. The Balaban J connectivity index is 0.914. The van der Waals surface area contributed by atoms with E-state index in [-0.39, 0.29) is 72.7 Å². The maximum atomic E-state index is 15.5. The van der Waals surface area contributed by atoms with Crippen LogP contribution in [0.4, 0.5) is 0 Å². The minimum absolute atomic E-state index is 0.00111. The summed E-state index contributed by atoms with van der Waals surface area (Å²) in [4.78, 5) is 3.47. The van der Waals surface area contributed by atoms with Crippen LogP contribution in [0, 0.1) is 0 Å². The standard InChI is InChI=1S/C88H92N3O18P/c89-91-90-75-80(97-53-65-35-15-3-16-36-65)79(73(61-95-51-63-31-11-1-12-32-63)106-87(75)109-82-77(93)76(92)81(98-54-66-37-17-4-18-38-66)84(100-56-68-41-21-6-22-42-68)85(82)101-57-69-43-23-7-24-44-69)108-88-86(102-58-70-45-25-8-26-46-70)83(99-55-67-39-19-5-20-40-67)78(96-52-64-33-13-2-14-34-64)74(107-88)62-105-110(94,103-59-71-47-27-9-28-48-71)104-60-72-49-29-10-30-50-72/h1-50,73-88,92-93H,51-62H2/t73-,74-,75-,76+,77-,78-,79-,80-,81+,82+,83+,84-,85-,86+,87-,88-/m1/s1. The number of aliphatic hydroxyl groups excluding tert-OH is 2. The van der Waals surface area contributed by atoms with Crippen molar-refractivity contribution in [1.29, 1.82) is 0 Å². The van der Waals surface area contributed by atoms with Crippen LogP contribution in [-0.2, 0) is 141 Å². The molecule has 21 nitrogen and oxygen atoms in total. The predicted molar refractivity (Wildman–Crippen MR) is 409 cm³/mol. The summed E-state index contributed by atoms with van der Waals surface area (Å²) in [5.74, 6) is 0. The zero-order chi connectivity index (χ0) is 75.4. The normalized spacial score (nSPS) is 24.8. The van der Waals surface area contributed by atoms with Gasteiger partial charge in [0.2, 0.25) is 0 Å². The highest BCUT2D eigenvalue weighted by atomic mass is 31.2. The van der Waals surface area contributed by atoms with Crippen LogP contribution in [0.5, 0.6) is 0 Å². The van der Waals surface area contributed by atoms with Gasteiger partial charge < -0.3 is 67.1 Å². The second-order valence-electron chi connectivity index (χ2n) is 27.1. The number of nitrogens with zero attached hydrogens (tertiary/aromatic N) is 3. The van der Waals surface area contributed by atoms with Gasteiger partial charge in [-0.05, 0) is 61.2 Å². The summed E-state index contributed by atoms with van der Waals surface area (Å²) in [6.07, 6.45) is -20.3. The Labute approximate surface area is 641 Å². The first-order valence-corrected chi connectivity index (χ1v) is 38.5. The van der Waals surface area contributed by atoms with E-state index >= 15 is 4.57 Å². The monoisotopic (exact) mass is 1510 g/mol. The Kier molecular flexibility index (Phi) is 29.8. The van der Waals surface area contributed by atoms with Gasteiger partial charge >= 0.3 is 7.82 Å². The predicted octanol–water partition coefficient (Wildman–Crippen LogP) is 15.5. The number of ether oxygens (including phenoxy) is 12. The number of hydrogen-bond donors (Lipinski definition) is 2. The topological polar surface area (TPSA) is 245 Å². The quantitative estimate of drug-likeness (QED) is 0.0157. The van der Waals surface area contributed by atoms with Gasteiger partial charge in [-0.3, -0.25) is 13.6 Å². The minimum atomic E-state index is -4.56. The molecule has 2 aliphatic heterocycles. The fourth-order valence-electron chi connectivity index (χ4n) is 13.5. The molecule has 22 heteroatoms. The third kappa shape index (κ3) is 22.7. The Bertz CT molecular complexity index is 4310. The number of rotatable bonds is 39. The van der Waals surface area contributed by atoms with Crippen LogP contribution < -0.4 is 0 Å². The minimum Gasteiger partial charge on any atom is -0.387 e. The summed E-state index contributed by atoms with van der Waals surface area (Å²) in [5.41, 5.74) is 18.9. The van der Waals surface area contributed by atoms with Crippen molar-refractivity contribution < 1.29 is 85.2 Å². The van der Waals surface area contributed by atoms with Crippen molar-refractivity contribution in [3.63, 3.8) is 0 Å². The lowest BCUT2D eigenvalue weighted by atomic mass is 9.83. The van der Waals surface area contributed by atoms with Crippen molar-refractivity contribution in [3.05, 3.63) is 369 Å². The highest BCUT2D eigenvalue weighted by Crippen LogP contribution is 2.52. The Hall–Kier alpha value is -8.94. The molecule has 0 unspecified atom stereocenters. The summed E-state index contributed by atoms with van der Waals surface area (Å²) in [6, 6.07) is 93.4. The number of aliphatic hydroxyl groups is 2. The SMILES string of the molecule is [N-]=[N+]=N[C@H]1[C@@H](O[C@H]2[C@H](O)[C@H](O)[C@H](OCc3ccccc3)[C@@H](OCc3ccccc3)[C@@H]2OCc2ccccc2)O[C@H](COCc2ccccc2)[C@@H](O[C@H]2O[C@H](COP(=O)(OCc3ccccc3)OCc3ccccc3)[C@@H](OCc3ccccc3)[C@H](OCc3ccccc3)[C@@H]2OCc2ccccc2)[C@@H]1OCc1ccccc1. The lowest BCUT2D eigenvalue weighted by Gasteiger charge is -2.51. The first-order valence-electron chi connectivity index (χ1n) is 37.0. The largest absolute Gasteiger partial charge is 0.475 e. The van der Waals surface area contributed by atoms with Crippen molar-refractivity contribution in [2.75, 3.05) is 13.2 Å². The molecule has 3 fully saturated rings. The smallest absolute Gasteiger partial charge is 0.387 e. The highest BCUT2D eigenvalue weighted by Gasteiger charge is 2.58. The van der Waals surface area contributed by atoms with Crippen LogP contribution in [0.25, 0.3) is 10.4 Å². The molecule has 1 aliphatic carbocycles. The van der Waals surface area contributed by atoms with E-state index in [1.165, 1.54) is 0 Å². The van der Waals surface area contributed by atoms with Crippen LogP contribution in [0.3, 0.4) is 0 Å². The first kappa shape index (κ1) is 79.2. The van der Waals surface area contributed by atoms with Gasteiger partial charge in [-0.15, -0.1) is 0 Å². The number of hydrogen-bond acceptors (Lipinski definition) is 19. The molecule has 0 amide bonds. The average Bonchev–Trinajstić information content (AvgIpc) is 0.756. The molecule has 16 atom stereocenters. The zero-order valence-corrected chi connectivity index (χ0v) is 61.7. The molecule has 2 saturated heterocycles. The number of benzene rings is 10. The molecule has 0 bridgehead atoms. The van der Waals surface area contributed by atoms with Crippen LogP contribution in [-0.4, -0.2) is 121 Å². The Morgan fingerprint density at radius 2 is 0.573 bits per heavy atom. The van der Waals surface area contributed by atoms with Crippen molar-refractivity contribution in [2.45, 2.75) is 164 Å². The maximum absolute atomic E-state index is 15.5. The van der Waals surface area contributed by atoms with Crippen molar-refractivity contribution in [3.8, 4) is 0 Å². The first-order chi connectivity index (χ1) is 54.2. The molecule has 10 aromatic rings. The lowest BCUT2D eigenvalue weighted by Crippen LogP contribution is -2.69. The van der Waals surface area contributed by atoms with E-state index in [0.717, 1.165) is 44.5 Å². The maximum Gasteiger partial charge on any atom is 0.475 e. The van der Waals surface area contributed by atoms with Gasteiger partial charge in [-0.2, -0.15) is 0 Å². The Morgan fingerprint density at radius 3 is 0.945 bits per heavy atom. The van der Waals surface area contributed by atoms with Crippen molar-refractivity contribution >= 4 is 7.82 Å². The molecule has 2 N–H and O–H groups in total. The van der Waals surface area contributed by atoms with E-state index in [0.29, 0.717) is 11.1 Å². The van der Waals surface area contributed by atoms with E-state index in [1.807, 2.05) is 303 Å². The molecule has 0 radical (unpaired) electrons. The van der Waals surface area contributed by atoms with Gasteiger partial charge in [0, 0.05) is 4.91 Å². The fraction of sp³-hybridized carbons (Fsp3) is 0.318. The number of phosphoric acid groups is 1. The van der Waals surface area contributed by atoms with Gasteiger partial charge in [0.1, 0.15) is 85.4 Å². The van der Waals surface area contributed by atoms with E-state index < -0.39 is 112 Å². The molecule has 10 aromatic carbocycles. The summed E-state index contributed by atoms with van der Waals surface area (Å²) >= 11 is 0. The molecule has 0 aromatic heterocycles. The van der Waals surface area contributed by atoms with Gasteiger partial charge in [0.25, 0.3) is 0 Å². The van der Waals surface area contributed by atoms with Crippen LogP contribution >= 0.6 is 7.82 Å². The molecule has 0 spiro atoms. The second kappa shape index (κ2) is 41.4. The number of phosphoric ester groups is 1. The van der Waals surface area contributed by atoms with Gasteiger partial charge in [0.15, 0.2) is 12.6 Å². The van der Waals surface area contributed by atoms with Gasteiger partial charge in [-0.1, -0.05) is 308 Å². The van der Waals surface area contributed by atoms with Crippen LogP contribution in [0.1, 0.15) is 55.6 Å². The van der Waals surface area contributed by atoms with Gasteiger partial charge in [-0.25, -0.2) is 4.57 Å².